The van der Waals surface area contributed by atoms with Crippen LogP contribution < -0.4 is 5.73 Å². The van der Waals surface area contributed by atoms with E-state index in [-0.39, 0.29) is 0 Å². The van der Waals surface area contributed by atoms with Crippen LogP contribution in [0.3, 0.4) is 0 Å². The van der Waals surface area contributed by atoms with E-state index in [4.69, 9.17) is 5.73 Å². The van der Waals surface area contributed by atoms with E-state index in [1.54, 1.807) is 11.0 Å². The summed E-state index contributed by atoms with van der Waals surface area (Å²) in [5, 5.41) is 10.5. The number of hydrogen-bond acceptors (Lipinski definition) is 3. The third kappa shape index (κ3) is 1.32. The molecule has 0 fully saturated rings. The van der Waals surface area contributed by atoms with Crippen molar-refractivity contribution in [2.75, 3.05) is 5.73 Å². The fourth-order valence-electron chi connectivity index (χ4n) is 1.77. The number of fused-ring (bicyclic) bond motifs is 1. The Morgan fingerprint density at radius 1 is 1.00 bits per heavy atom. The molecular formula is C12H10N4. The minimum Gasteiger partial charge on any atom is -0.381 e. The SMILES string of the molecule is Nc1cnn(-c2cccc3ccccc23)n1. The third-order valence-electron chi connectivity index (χ3n) is 2.49. The van der Waals surface area contributed by atoms with Gasteiger partial charge in [-0.1, -0.05) is 36.4 Å². The van der Waals surface area contributed by atoms with Crippen LogP contribution in [0.5, 0.6) is 0 Å². The zero-order valence-electron chi connectivity index (χ0n) is 8.54. The number of benzene rings is 2. The molecule has 0 saturated heterocycles. The van der Waals surface area contributed by atoms with Gasteiger partial charge in [-0.3, -0.25) is 0 Å². The van der Waals surface area contributed by atoms with Crippen molar-refractivity contribution in [3.63, 3.8) is 0 Å². The highest BCUT2D eigenvalue weighted by atomic mass is 15.5. The number of nitrogens with zero attached hydrogens (tertiary/aromatic N) is 3. The van der Waals surface area contributed by atoms with Crippen LogP contribution in [0.1, 0.15) is 0 Å². The zero-order chi connectivity index (χ0) is 11.0. The van der Waals surface area contributed by atoms with Gasteiger partial charge in [0.05, 0.1) is 11.9 Å². The molecule has 0 aliphatic rings. The topological polar surface area (TPSA) is 56.7 Å². The van der Waals surface area contributed by atoms with Crippen molar-refractivity contribution < 1.29 is 0 Å². The largest absolute Gasteiger partial charge is 0.381 e. The van der Waals surface area contributed by atoms with Crippen LogP contribution in [0, 0.1) is 0 Å². The van der Waals surface area contributed by atoms with E-state index in [2.05, 4.69) is 22.3 Å². The summed E-state index contributed by atoms with van der Waals surface area (Å²) in [6.45, 7) is 0. The maximum atomic E-state index is 5.57. The first-order chi connectivity index (χ1) is 7.84. The van der Waals surface area contributed by atoms with Crippen LogP contribution in [0.25, 0.3) is 16.5 Å². The van der Waals surface area contributed by atoms with Gasteiger partial charge in [0, 0.05) is 5.39 Å². The molecule has 4 heteroatoms. The van der Waals surface area contributed by atoms with Crippen molar-refractivity contribution >= 4 is 16.6 Å². The molecular weight excluding hydrogens is 200 g/mol. The maximum absolute atomic E-state index is 5.57. The number of rotatable bonds is 1. The van der Waals surface area contributed by atoms with Crippen LogP contribution >= 0.6 is 0 Å². The minimum atomic E-state index is 0.424. The third-order valence-corrected chi connectivity index (χ3v) is 2.49. The summed E-state index contributed by atoms with van der Waals surface area (Å²) in [6, 6.07) is 14.1. The molecule has 0 radical (unpaired) electrons. The van der Waals surface area contributed by atoms with Crippen molar-refractivity contribution in [3.8, 4) is 5.69 Å². The van der Waals surface area contributed by atoms with E-state index in [9.17, 15) is 0 Å². The molecule has 78 valence electrons. The Bertz CT molecular complexity index is 637. The molecule has 0 aliphatic carbocycles. The van der Waals surface area contributed by atoms with E-state index < -0.39 is 0 Å². The fraction of sp³-hybridized carbons (Fsp3) is 0. The second-order valence-corrected chi connectivity index (χ2v) is 3.56. The average Bonchev–Trinajstić information content (AvgIpc) is 2.75. The average molecular weight is 210 g/mol. The summed E-state index contributed by atoms with van der Waals surface area (Å²) in [7, 11) is 0. The highest BCUT2D eigenvalue weighted by molar-refractivity contribution is 5.89. The molecule has 3 aromatic rings. The number of anilines is 1. The summed E-state index contributed by atoms with van der Waals surface area (Å²) < 4.78 is 0. The molecule has 2 aromatic carbocycles. The Hall–Kier alpha value is -2.36. The first-order valence-corrected chi connectivity index (χ1v) is 5.00. The fourth-order valence-corrected chi connectivity index (χ4v) is 1.77. The quantitative estimate of drug-likeness (QED) is 0.668. The van der Waals surface area contributed by atoms with Crippen LogP contribution in [0.4, 0.5) is 5.82 Å². The molecule has 16 heavy (non-hydrogen) atoms. The Morgan fingerprint density at radius 2 is 1.81 bits per heavy atom. The van der Waals surface area contributed by atoms with Gasteiger partial charge in [-0.2, -0.15) is 5.10 Å². The Labute approximate surface area is 92.3 Å². The van der Waals surface area contributed by atoms with E-state index in [0.29, 0.717) is 5.82 Å². The van der Waals surface area contributed by atoms with Gasteiger partial charge in [0.15, 0.2) is 5.82 Å². The van der Waals surface area contributed by atoms with Gasteiger partial charge >= 0.3 is 0 Å². The number of hydrogen-bond donors (Lipinski definition) is 1. The standard InChI is InChI=1S/C12H10N4/c13-12-8-14-16(15-12)11-7-3-5-9-4-1-2-6-10(9)11/h1-8H,(H2,13,15). The van der Waals surface area contributed by atoms with Crippen molar-refractivity contribution in [3.05, 3.63) is 48.7 Å². The van der Waals surface area contributed by atoms with Crippen molar-refractivity contribution in [2.24, 2.45) is 0 Å². The maximum Gasteiger partial charge on any atom is 0.166 e. The lowest BCUT2D eigenvalue weighted by atomic mass is 10.1. The molecule has 0 unspecified atom stereocenters. The molecule has 1 aromatic heterocycles. The summed E-state index contributed by atoms with van der Waals surface area (Å²) in [6.07, 6.45) is 1.54. The zero-order valence-corrected chi connectivity index (χ0v) is 8.54. The van der Waals surface area contributed by atoms with E-state index in [1.165, 1.54) is 0 Å². The lowest BCUT2D eigenvalue weighted by molar-refractivity contribution is 0.760. The molecule has 1 heterocycles. The first kappa shape index (κ1) is 8.91. The molecule has 0 atom stereocenters. The number of aromatic nitrogens is 3. The molecule has 0 saturated carbocycles. The Morgan fingerprint density at radius 3 is 2.62 bits per heavy atom. The first-order valence-electron chi connectivity index (χ1n) is 5.00. The summed E-state index contributed by atoms with van der Waals surface area (Å²) in [4.78, 5) is 1.55. The van der Waals surface area contributed by atoms with Gasteiger partial charge in [-0.05, 0) is 11.5 Å². The Balaban J connectivity index is 2.31. The van der Waals surface area contributed by atoms with Gasteiger partial charge in [-0.15, -0.1) is 9.90 Å². The smallest absolute Gasteiger partial charge is 0.166 e. The van der Waals surface area contributed by atoms with Crippen LogP contribution in [-0.4, -0.2) is 15.0 Å². The van der Waals surface area contributed by atoms with Crippen molar-refractivity contribution in [1.29, 1.82) is 0 Å². The molecule has 3 rings (SSSR count). The van der Waals surface area contributed by atoms with E-state index >= 15 is 0 Å². The highest BCUT2D eigenvalue weighted by Crippen LogP contribution is 2.20. The molecule has 2 N–H and O–H groups in total. The molecule has 0 amide bonds. The molecule has 0 spiro atoms. The second kappa shape index (κ2) is 3.34. The van der Waals surface area contributed by atoms with Gasteiger partial charge in [0.1, 0.15) is 0 Å². The van der Waals surface area contributed by atoms with Crippen LogP contribution in [0.2, 0.25) is 0 Å². The molecule has 0 bridgehead atoms. The van der Waals surface area contributed by atoms with Gasteiger partial charge in [0.2, 0.25) is 0 Å². The summed E-state index contributed by atoms with van der Waals surface area (Å²) in [5.74, 6) is 0.424. The summed E-state index contributed by atoms with van der Waals surface area (Å²) in [5.41, 5.74) is 6.51. The van der Waals surface area contributed by atoms with Crippen molar-refractivity contribution in [2.45, 2.75) is 0 Å². The highest BCUT2D eigenvalue weighted by Gasteiger charge is 2.04. The predicted molar refractivity (Wildman–Crippen MR) is 63.3 cm³/mol. The van der Waals surface area contributed by atoms with Gasteiger partial charge in [-0.25, -0.2) is 0 Å². The summed E-state index contributed by atoms with van der Waals surface area (Å²) >= 11 is 0. The second-order valence-electron chi connectivity index (χ2n) is 3.56. The lowest BCUT2D eigenvalue weighted by Gasteiger charge is -2.04. The predicted octanol–water partition coefficient (Wildman–Crippen LogP) is 2.00. The Kier molecular flexibility index (Phi) is 1.86. The normalized spacial score (nSPS) is 10.8. The van der Waals surface area contributed by atoms with Gasteiger partial charge < -0.3 is 5.73 Å². The van der Waals surface area contributed by atoms with E-state index in [0.717, 1.165) is 16.5 Å². The minimum absolute atomic E-state index is 0.424. The van der Waals surface area contributed by atoms with Crippen LogP contribution in [0.15, 0.2) is 48.7 Å². The number of nitrogens with two attached hydrogens (primary N) is 1. The van der Waals surface area contributed by atoms with Crippen molar-refractivity contribution in [1.82, 2.24) is 15.0 Å². The molecule has 4 nitrogen and oxygen atoms in total. The van der Waals surface area contributed by atoms with Crippen LogP contribution in [-0.2, 0) is 0 Å². The molecule has 0 aliphatic heterocycles. The number of nitrogen functional groups attached to an aromatic ring is 1. The monoisotopic (exact) mass is 210 g/mol. The lowest BCUT2D eigenvalue weighted by Crippen LogP contribution is -2.00. The van der Waals surface area contributed by atoms with E-state index in [1.807, 2.05) is 30.3 Å². The van der Waals surface area contributed by atoms with Gasteiger partial charge in [0.25, 0.3) is 0 Å².